The summed E-state index contributed by atoms with van der Waals surface area (Å²) in [6.45, 7) is 7.58. The highest BCUT2D eigenvalue weighted by atomic mass is 35.5. The molecule has 39 heavy (non-hydrogen) atoms. The van der Waals surface area contributed by atoms with Gasteiger partial charge in [0.1, 0.15) is 0 Å². The van der Waals surface area contributed by atoms with Gasteiger partial charge < -0.3 is 19.5 Å². The third-order valence-corrected chi connectivity index (χ3v) is 7.63. The van der Waals surface area contributed by atoms with Gasteiger partial charge in [-0.2, -0.15) is 0 Å². The quantitative estimate of drug-likeness (QED) is 0.205. The number of nitrogens with zero attached hydrogens (tertiary/aromatic N) is 4. The van der Waals surface area contributed by atoms with Crippen LogP contribution in [0.2, 0.25) is 5.02 Å². The number of carbonyl (C=O) groups is 1. The molecule has 1 aromatic heterocycles. The average Bonchev–Trinajstić information content (AvgIpc) is 3.26. The van der Waals surface area contributed by atoms with Gasteiger partial charge in [0.25, 0.3) is 5.69 Å². The van der Waals surface area contributed by atoms with Crippen molar-refractivity contribution in [3.8, 4) is 22.4 Å². The van der Waals surface area contributed by atoms with E-state index in [0.29, 0.717) is 28.4 Å². The molecular weight excluding hydrogens is 516 g/mol. The van der Waals surface area contributed by atoms with Gasteiger partial charge in [0.05, 0.1) is 16.2 Å². The summed E-state index contributed by atoms with van der Waals surface area (Å²) in [5, 5.41) is 21.8. The Balaban J connectivity index is 1.47. The molecule has 0 spiro atoms. The molecule has 1 N–H and O–H groups in total. The van der Waals surface area contributed by atoms with Gasteiger partial charge in [-0.1, -0.05) is 35.9 Å². The molecule has 0 unspecified atom stereocenters. The number of carboxylic acid groups (broad SMARTS) is 1. The number of nitro benzene ring substituents is 1. The van der Waals surface area contributed by atoms with E-state index in [0.717, 1.165) is 54.4 Å². The Morgan fingerprint density at radius 1 is 0.923 bits per heavy atom. The van der Waals surface area contributed by atoms with Crippen molar-refractivity contribution in [3.63, 3.8) is 0 Å². The standard InChI is InChI=1S/C30H29ClN4O4/c1-3-34-20(2)27(30(36)37)28(29(34)21-7-9-23(31)10-8-21)22-5-4-6-26(19-22)33-17-15-32(16-18-33)24-11-13-25(14-12-24)35(38)39/h4-14,19H,3,15-18H2,1-2H3,(H,36,37). The molecule has 2 heterocycles. The number of non-ortho nitro benzene ring substituents is 1. The molecule has 0 bridgehead atoms. The van der Waals surface area contributed by atoms with E-state index in [2.05, 4.69) is 26.5 Å². The topological polar surface area (TPSA) is 91.9 Å². The highest BCUT2D eigenvalue weighted by molar-refractivity contribution is 6.30. The van der Waals surface area contributed by atoms with Gasteiger partial charge in [-0.15, -0.1) is 0 Å². The predicted octanol–water partition coefficient (Wildman–Crippen LogP) is 6.74. The summed E-state index contributed by atoms with van der Waals surface area (Å²) in [5.41, 5.74) is 6.42. The molecule has 9 heteroatoms. The Hall–Kier alpha value is -4.30. The summed E-state index contributed by atoms with van der Waals surface area (Å²) in [5.74, 6) is -0.952. The maximum Gasteiger partial charge on any atom is 0.338 e. The number of benzene rings is 3. The van der Waals surface area contributed by atoms with Crippen LogP contribution < -0.4 is 9.80 Å². The van der Waals surface area contributed by atoms with E-state index in [9.17, 15) is 20.0 Å². The Morgan fingerprint density at radius 2 is 1.54 bits per heavy atom. The van der Waals surface area contributed by atoms with Crippen LogP contribution in [0.3, 0.4) is 0 Å². The SMILES string of the molecule is CCn1c(C)c(C(=O)O)c(-c2cccc(N3CCN(c4ccc([N+](=O)[O-])cc4)CC3)c2)c1-c1ccc(Cl)cc1. The van der Waals surface area contributed by atoms with E-state index in [4.69, 9.17) is 11.6 Å². The molecular formula is C30H29ClN4O4. The summed E-state index contributed by atoms with van der Waals surface area (Å²) in [6.07, 6.45) is 0. The van der Waals surface area contributed by atoms with Crippen LogP contribution >= 0.6 is 11.6 Å². The largest absolute Gasteiger partial charge is 0.478 e. The molecule has 0 aliphatic carbocycles. The van der Waals surface area contributed by atoms with E-state index in [1.54, 1.807) is 12.1 Å². The van der Waals surface area contributed by atoms with Gasteiger partial charge in [-0.25, -0.2) is 4.79 Å². The van der Waals surface area contributed by atoms with E-state index in [1.807, 2.05) is 50.2 Å². The van der Waals surface area contributed by atoms with Gasteiger partial charge in [0, 0.05) is 72.5 Å². The Kier molecular flexibility index (Phi) is 7.30. The zero-order chi connectivity index (χ0) is 27.7. The number of carboxylic acids is 1. The molecule has 1 fully saturated rings. The number of piperazine rings is 1. The van der Waals surface area contributed by atoms with Gasteiger partial charge >= 0.3 is 5.97 Å². The van der Waals surface area contributed by atoms with Gasteiger partial charge in [-0.3, -0.25) is 10.1 Å². The van der Waals surface area contributed by atoms with Crippen LogP contribution in [0, 0.1) is 17.0 Å². The minimum atomic E-state index is -0.952. The fraction of sp³-hybridized carbons (Fsp3) is 0.233. The van der Waals surface area contributed by atoms with Crippen LogP contribution in [0.15, 0.2) is 72.8 Å². The lowest BCUT2D eigenvalue weighted by Crippen LogP contribution is -2.46. The minimum Gasteiger partial charge on any atom is -0.478 e. The fourth-order valence-corrected chi connectivity index (χ4v) is 5.58. The number of anilines is 2. The van der Waals surface area contributed by atoms with Crippen molar-refractivity contribution in [2.75, 3.05) is 36.0 Å². The summed E-state index contributed by atoms with van der Waals surface area (Å²) >= 11 is 6.16. The average molecular weight is 545 g/mol. The number of nitro groups is 1. The summed E-state index contributed by atoms with van der Waals surface area (Å²) in [6, 6.07) is 22.2. The Labute approximate surface area is 231 Å². The van der Waals surface area contributed by atoms with Gasteiger partial charge in [0.2, 0.25) is 0 Å². The lowest BCUT2D eigenvalue weighted by molar-refractivity contribution is -0.384. The smallest absolute Gasteiger partial charge is 0.338 e. The highest BCUT2D eigenvalue weighted by Crippen LogP contribution is 2.41. The second kappa shape index (κ2) is 10.8. The first-order valence-electron chi connectivity index (χ1n) is 12.9. The zero-order valence-corrected chi connectivity index (χ0v) is 22.6. The molecule has 0 amide bonds. The number of hydrogen-bond acceptors (Lipinski definition) is 5. The van der Waals surface area contributed by atoms with E-state index in [-0.39, 0.29) is 10.6 Å². The number of aromatic nitrogens is 1. The zero-order valence-electron chi connectivity index (χ0n) is 21.8. The van der Waals surface area contributed by atoms with Crippen molar-refractivity contribution >= 4 is 34.6 Å². The predicted molar refractivity (Wildman–Crippen MR) is 155 cm³/mol. The number of hydrogen-bond donors (Lipinski definition) is 1. The first-order chi connectivity index (χ1) is 18.8. The monoisotopic (exact) mass is 544 g/mol. The Morgan fingerprint density at radius 3 is 2.10 bits per heavy atom. The summed E-state index contributed by atoms with van der Waals surface area (Å²) in [4.78, 5) is 27.6. The number of aromatic carboxylic acids is 1. The Bertz CT molecular complexity index is 1520. The van der Waals surface area contributed by atoms with Crippen LogP contribution in [-0.4, -0.2) is 46.7 Å². The molecule has 8 nitrogen and oxygen atoms in total. The molecule has 3 aromatic carbocycles. The normalized spacial score (nSPS) is 13.5. The molecule has 0 saturated carbocycles. The minimum absolute atomic E-state index is 0.0834. The first kappa shape index (κ1) is 26.3. The second-order valence-corrected chi connectivity index (χ2v) is 9.97. The van der Waals surface area contributed by atoms with Crippen LogP contribution in [-0.2, 0) is 6.54 Å². The van der Waals surface area contributed by atoms with Crippen molar-refractivity contribution in [1.82, 2.24) is 4.57 Å². The van der Waals surface area contributed by atoms with Crippen LogP contribution in [0.4, 0.5) is 17.1 Å². The number of rotatable bonds is 7. The lowest BCUT2D eigenvalue weighted by Gasteiger charge is -2.37. The number of halogens is 1. The van der Waals surface area contributed by atoms with Crippen molar-refractivity contribution in [1.29, 1.82) is 0 Å². The maximum absolute atomic E-state index is 12.5. The van der Waals surface area contributed by atoms with Crippen LogP contribution in [0.25, 0.3) is 22.4 Å². The molecule has 200 valence electrons. The third kappa shape index (κ3) is 5.07. The molecule has 4 aromatic rings. The lowest BCUT2D eigenvalue weighted by atomic mass is 9.96. The fourth-order valence-electron chi connectivity index (χ4n) is 5.45. The van der Waals surface area contributed by atoms with Crippen LogP contribution in [0.1, 0.15) is 23.0 Å². The highest BCUT2D eigenvalue weighted by Gasteiger charge is 2.27. The van der Waals surface area contributed by atoms with Crippen LogP contribution in [0.5, 0.6) is 0 Å². The van der Waals surface area contributed by atoms with Crippen molar-refractivity contribution in [2.45, 2.75) is 20.4 Å². The molecule has 1 aliphatic rings. The second-order valence-electron chi connectivity index (χ2n) is 9.54. The van der Waals surface area contributed by atoms with Gasteiger partial charge in [0.15, 0.2) is 0 Å². The molecule has 1 saturated heterocycles. The van der Waals surface area contributed by atoms with Gasteiger partial charge in [-0.05, 0) is 61.4 Å². The first-order valence-corrected chi connectivity index (χ1v) is 13.2. The summed E-state index contributed by atoms with van der Waals surface area (Å²) < 4.78 is 2.05. The van der Waals surface area contributed by atoms with Crippen molar-refractivity contribution in [3.05, 3.63) is 99.2 Å². The third-order valence-electron chi connectivity index (χ3n) is 7.38. The molecule has 5 rings (SSSR count). The van der Waals surface area contributed by atoms with Crippen molar-refractivity contribution < 1.29 is 14.8 Å². The van der Waals surface area contributed by atoms with E-state index >= 15 is 0 Å². The van der Waals surface area contributed by atoms with Crippen molar-refractivity contribution in [2.24, 2.45) is 0 Å². The van der Waals surface area contributed by atoms with E-state index in [1.165, 1.54) is 12.1 Å². The molecule has 1 aliphatic heterocycles. The maximum atomic E-state index is 12.5. The molecule has 0 radical (unpaired) electrons. The van der Waals surface area contributed by atoms with E-state index < -0.39 is 5.97 Å². The molecule has 0 atom stereocenters. The summed E-state index contributed by atoms with van der Waals surface area (Å²) in [7, 11) is 0.